The molecule has 3 aromatic carbocycles. The van der Waals surface area contributed by atoms with Crippen LogP contribution in [0.1, 0.15) is 11.1 Å². The molecular weight excluding hydrogens is 440 g/mol. The number of sulfonamides is 1. The Balaban J connectivity index is 1.51. The van der Waals surface area contributed by atoms with Gasteiger partial charge in [-0.1, -0.05) is 42.0 Å². The molecule has 172 valence electrons. The van der Waals surface area contributed by atoms with Gasteiger partial charge >= 0.3 is 0 Å². The zero-order chi connectivity index (χ0) is 23.4. The van der Waals surface area contributed by atoms with Crippen LogP contribution < -0.4 is 19.1 Å². The molecule has 3 aromatic rings. The van der Waals surface area contributed by atoms with Crippen LogP contribution in [-0.2, 0) is 14.8 Å². The largest absolute Gasteiger partial charge is 0.492 e. The minimum atomic E-state index is -3.89. The number of hydrogen-bond acceptors (Lipinski definition) is 5. The van der Waals surface area contributed by atoms with Gasteiger partial charge in [0.1, 0.15) is 18.1 Å². The van der Waals surface area contributed by atoms with Gasteiger partial charge < -0.3 is 14.8 Å². The van der Waals surface area contributed by atoms with E-state index in [1.165, 1.54) is 4.31 Å². The molecule has 7 nitrogen and oxygen atoms in total. The molecule has 0 fully saturated rings. The van der Waals surface area contributed by atoms with Crippen LogP contribution in [0.25, 0.3) is 0 Å². The van der Waals surface area contributed by atoms with E-state index < -0.39 is 22.0 Å². The number of carbonyl (C=O) groups is 1. The van der Waals surface area contributed by atoms with E-state index >= 15 is 0 Å². The number of benzene rings is 3. The van der Waals surface area contributed by atoms with Crippen molar-refractivity contribution in [2.45, 2.75) is 24.8 Å². The molecule has 1 amide bonds. The van der Waals surface area contributed by atoms with E-state index in [1.54, 1.807) is 36.4 Å². The Morgan fingerprint density at radius 2 is 1.73 bits per heavy atom. The number of nitrogens with zero attached hydrogens (tertiary/aromatic N) is 1. The van der Waals surface area contributed by atoms with Gasteiger partial charge in [-0.15, -0.1) is 0 Å². The molecule has 0 spiro atoms. The van der Waals surface area contributed by atoms with Crippen molar-refractivity contribution in [2.24, 2.45) is 0 Å². The fourth-order valence-electron chi connectivity index (χ4n) is 3.54. The number of anilines is 1. The van der Waals surface area contributed by atoms with Crippen molar-refractivity contribution in [3.63, 3.8) is 0 Å². The molecule has 1 N–H and O–H groups in total. The maximum absolute atomic E-state index is 13.5. The molecule has 1 aliphatic rings. The molecule has 1 aliphatic heterocycles. The van der Waals surface area contributed by atoms with Crippen LogP contribution in [0.4, 0.5) is 5.69 Å². The highest BCUT2D eigenvalue weighted by Gasteiger charge is 2.37. The van der Waals surface area contributed by atoms with Crippen LogP contribution in [0.3, 0.4) is 0 Å². The van der Waals surface area contributed by atoms with E-state index in [0.717, 1.165) is 11.1 Å². The molecule has 0 saturated carbocycles. The lowest BCUT2D eigenvalue weighted by atomic mass is 10.1. The summed E-state index contributed by atoms with van der Waals surface area (Å²) in [7, 11) is -3.89. The number of aryl methyl sites for hydroxylation is 2. The first-order chi connectivity index (χ1) is 15.8. The van der Waals surface area contributed by atoms with Gasteiger partial charge in [0.05, 0.1) is 23.7 Å². The molecule has 1 heterocycles. The lowest BCUT2D eigenvalue weighted by Crippen LogP contribution is -2.51. The highest BCUT2D eigenvalue weighted by Crippen LogP contribution is 2.37. The molecule has 0 aromatic heterocycles. The van der Waals surface area contributed by atoms with Crippen LogP contribution >= 0.6 is 0 Å². The third-order valence-corrected chi connectivity index (χ3v) is 7.09. The lowest BCUT2D eigenvalue weighted by Gasteiger charge is -2.35. The Labute approximate surface area is 194 Å². The van der Waals surface area contributed by atoms with E-state index in [9.17, 15) is 13.2 Å². The average Bonchev–Trinajstić information content (AvgIpc) is 2.82. The monoisotopic (exact) mass is 466 g/mol. The molecule has 0 radical (unpaired) electrons. The molecule has 0 saturated heterocycles. The normalized spacial score (nSPS) is 15.3. The summed E-state index contributed by atoms with van der Waals surface area (Å²) in [6, 6.07) is 21.2. The van der Waals surface area contributed by atoms with Crippen LogP contribution in [0.5, 0.6) is 11.5 Å². The second-order valence-electron chi connectivity index (χ2n) is 7.88. The number of ether oxygens (including phenoxy) is 2. The Morgan fingerprint density at radius 1 is 1.03 bits per heavy atom. The quantitative estimate of drug-likeness (QED) is 0.539. The summed E-state index contributed by atoms with van der Waals surface area (Å²) < 4.78 is 39.7. The lowest BCUT2D eigenvalue weighted by molar-refractivity contribution is -0.127. The van der Waals surface area contributed by atoms with Gasteiger partial charge in [-0.2, -0.15) is 0 Å². The zero-order valence-electron chi connectivity index (χ0n) is 18.5. The van der Waals surface area contributed by atoms with E-state index in [0.29, 0.717) is 17.2 Å². The number of amides is 1. The van der Waals surface area contributed by atoms with Crippen LogP contribution in [0.2, 0.25) is 0 Å². The molecule has 4 rings (SSSR count). The van der Waals surface area contributed by atoms with Crippen LogP contribution in [0.15, 0.2) is 77.7 Å². The standard InChI is InChI=1S/C25H26N2O5S/c1-18-8-11-21(12-9-18)33(29,30)27-17-24(32-23-13-10-19(2)16-22(23)27)25(28)26-14-15-31-20-6-4-3-5-7-20/h3-13,16,24H,14-15,17H2,1-2H3,(H,26,28). The number of fused-ring (bicyclic) bond motifs is 1. The number of carbonyl (C=O) groups excluding carboxylic acids is 1. The third-order valence-electron chi connectivity index (χ3n) is 5.30. The van der Waals surface area contributed by atoms with Crippen molar-refractivity contribution >= 4 is 21.6 Å². The van der Waals surface area contributed by atoms with Crippen LogP contribution in [0, 0.1) is 13.8 Å². The maximum Gasteiger partial charge on any atom is 0.264 e. The van der Waals surface area contributed by atoms with Crippen molar-refractivity contribution in [3.05, 3.63) is 83.9 Å². The Hall–Kier alpha value is -3.52. The predicted octanol–water partition coefficient (Wildman–Crippen LogP) is 3.45. The maximum atomic E-state index is 13.5. The van der Waals surface area contributed by atoms with Gasteiger partial charge in [0.2, 0.25) is 0 Å². The number of nitrogens with one attached hydrogen (secondary N) is 1. The highest BCUT2D eigenvalue weighted by atomic mass is 32.2. The first-order valence-electron chi connectivity index (χ1n) is 10.7. The van der Waals surface area contributed by atoms with Crippen molar-refractivity contribution < 1.29 is 22.7 Å². The van der Waals surface area contributed by atoms with Crippen molar-refractivity contribution in [1.82, 2.24) is 5.32 Å². The second-order valence-corrected chi connectivity index (χ2v) is 9.74. The van der Waals surface area contributed by atoms with Gasteiger partial charge in [0.25, 0.3) is 15.9 Å². The van der Waals surface area contributed by atoms with Crippen molar-refractivity contribution in [1.29, 1.82) is 0 Å². The predicted molar refractivity (Wildman–Crippen MR) is 126 cm³/mol. The van der Waals surface area contributed by atoms with Gasteiger partial charge in [0, 0.05) is 0 Å². The van der Waals surface area contributed by atoms with Gasteiger partial charge in [-0.05, 0) is 55.8 Å². The summed E-state index contributed by atoms with van der Waals surface area (Å²) in [6.07, 6.45) is -0.989. The molecule has 0 aliphatic carbocycles. The van der Waals surface area contributed by atoms with E-state index in [-0.39, 0.29) is 24.6 Å². The van der Waals surface area contributed by atoms with E-state index in [4.69, 9.17) is 9.47 Å². The Morgan fingerprint density at radius 3 is 2.45 bits per heavy atom. The fourth-order valence-corrected chi connectivity index (χ4v) is 5.00. The molecule has 1 atom stereocenters. The summed E-state index contributed by atoms with van der Waals surface area (Å²) in [6.45, 7) is 4.19. The number of hydrogen-bond donors (Lipinski definition) is 1. The minimum absolute atomic E-state index is 0.127. The van der Waals surface area contributed by atoms with Gasteiger partial charge in [0.15, 0.2) is 6.10 Å². The molecule has 0 bridgehead atoms. The summed E-state index contributed by atoms with van der Waals surface area (Å²) >= 11 is 0. The minimum Gasteiger partial charge on any atom is -0.492 e. The van der Waals surface area contributed by atoms with Crippen LogP contribution in [-0.4, -0.2) is 40.1 Å². The zero-order valence-corrected chi connectivity index (χ0v) is 19.3. The van der Waals surface area contributed by atoms with Gasteiger partial charge in [-0.3, -0.25) is 9.10 Å². The van der Waals surface area contributed by atoms with E-state index in [2.05, 4.69) is 5.32 Å². The summed E-state index contributed by atoms with van der Waals surface area (Å²) in [5, 5.41) is 2.77. The first kappa shape index (κ1) is 22.7. The molecule has 8 heteroatoms. The third kappa shape index (κ3) is 5.12. The van der Waals surface area contributed by atoms with E-state index in [1.807, 2.05) is 50.2 Å². The highest BCUT2D eigenvalue weighted by molar-refractivity contribution is 7.92. The molecular formula is C25H26N2O5S. The topological polar surface area (TPSA) is 84.9 Å². The van der Waals surface area contributed by atoms with Crippen molar-refractivity contribution in [2.75, 3.05) is 24.0 Å². The first-order valence-corrected chi connectivity index (χ1v) is 12.1. The summed E-state index contributed by atoms with van der Waals surface area (Å²) in [5.74, 6) is 0.658. The second kappa shape index (κ2) is 9.54. The summed E-state index contributed by atoms with van der Waals surface area (Å²) in [4.78, 5) is 13.0. The van der Waals surface area contributed by atoms with Gasteiger partial charge in [-0.25, -0.2) is 8.42 Å². The number of para-hydroxylation sites is 1. The SMILES string of the molecule is Cc1ccc(S(=O)(=O)N2CC(C(=O)NCCOc3ccccc3)Oc3ccc(C)cc32)cc1. The fraction of sp³-hybridized carbons (Fsp3) is 0.240. The Kier molecular flexibility index (Phi) is 6.55. The summed E-state index contributed by atoms with van der Waals surface area (Å²) in [5.41, 5.74) is 2.27. The molecule has 33 heavy (non-hydrogen) atoms. The van der Waals surface area contributed by atoms with Crippen molar-refractivity contribution in [3.8, 4) is 11.5 Å². The number of rotatable bonds is 7. The average molecular weight is 467 g/mol. The Bertz CT molecular complexity index is 1230. The smallest absolute Gasteiger partial charge is 0.264 e. The molecule has 1 unspecified atom stereocenters.